The summed E-state index contributed by atoms with van der Waals surface area (Å²) in [4.78, 5) is 13.8. The average molecular weight is 313 g/mol. The molecule has 122 valence electrons. The van der Waals surface area contributed by atoms with Crippen molar-refractivity contribution < 1.29 is 18.7 Å². The number of benzene rings is 1. The second kappa shape index (κ2) is 8.05. The minimum absolute atomic E-state index is 0.184. The van der Waals surface area contributed by atoms with Crippen LogP contribution in [0, 0.1) is 17.6 Å². The molecule has 0 radical (unpaired) electrons. The SMILES string of the molecule is O=C(NCCN1CCC[C@H](CO)C1)Nc1cccc(F)c1F. The predicted octanol–water partition coefficient (Wildman–Crippen LogP) is 1.79. The van der Waals surface area contributed by atoms with Crippen molar-refractivity contribution in [1.29, 1.82) is 0 Å². The smallest absolute Gasteiger partial charge is 0.319 e. The normalized spacial score (nSPS) is 19.0. The highest BCUT2D eigenvalue weighted by Crippen LogP contribution is 2.16. The highest BCUT2D eigenvalue weighted by Gasteiger charge is 2.18. The molecule has 1 fully saturated rings. The lowest BCUT2D eigenvalue weighted by atomic mass is 9.99. The summed E-state index contributed by atoms with van der Waals surface area (Å²) in [7, 11) is 0. The highest BCUT2D eigenvalue weighted by molar-refractivity contribution is 5.89. The molecule has 0 bridgehead atoms. The minimum Gasteiger partial charge on any atom is -0.396 e. The summed E-state index contributed by atoms with van der Waals surface area (Å²) in [5.41, 5.74) is -0.184. The van der Waals surface area contributed by atoms with E-state index in [0.29, 0.717) is 19.0 Å². The van der Waals surface area contributed by atoms with Crippen LogP contribution >= 0.6 is 0 Å². The zero-order valence-corrected chi connectivity index (χ0v) is 12.3. The number of nitrogens with zero attached hydrogens (tertiary/aromatic N) is 1. The van der Waals surface area contributed by atoms with Crippen LogP contribution in [0.4, 0.5) is 19.3 Å². The number of aliphatic hydroxyl groups is 1. The molecule has 7 heteroatoms. The fourth-order valence-corrected chi connectivity index (χ4v) is 2.60. The summed E-state index contributed by atoms with van der Waals surface area (Å²) >= 11 is 0. The highest BCUT2D eigenvalue weighted by atomic mass is 19.2. The average Bonchev–Trinajstić information content (AvgIpc) is 2.52. The molecule has 0 aromatic heterocycles. The Morgan fingerprint density at radius 2 is 2.23 bits per heavy atom. The first-order valence-corrected chi connectivity index (χ1v) is 7.42. The van der Waals surface area contributed by atoms with E-state index in [1.807, 2.05) is 0 Å². The van der Waals surface area contributed by atoms with Crippen LogP contribution in [0.1, 0.15) is 12.8 Å². The Labute approximate surface area is 128 Å². The maximum absolute atomic E-state index is 13.4. The molecule has 0 unspecified atom stereocenters. The van der Waals surface area contributed by atoms with Crippen LogP contribution in [0.15, 0.2) is 18.2 Å². The molecular weight excluding hydrogens is 292 g/mol. The number of anilines is 1. The third-order valence-corrected chi connectivity index (χ3v) is 3.77. The molecule has 1 atom stereocenters. The number of rotatable bonds is 5. The van der Waals surface area contributed by atoms with Gasteiger partial charge in [0.25, 0.3) is 0 Å². The van der Waals surface area contributed by atoms with Gasteiger partial charge in [-0.3, -0.25) is 0 Å². The summed E-state index contributed by atoms with van der Waals surface area (Å²) in [6.45, 7) is 3.01. The van der Waals surface area contributed by atoms with Crippen molar-refractivity contribution >= 4 is 11.7 Å². The molecule has 0 aliphatic carbocycles. The Bertz CT molecular complexity index is 514. The van der Waals surface area contributed by atoms with Gasteiger partial charge in [-0.25, -0.2) is 13.6 Å². The van der Waals surface area contributed by atoms with Crippen LogP contribution in [0.5, 0.6) is 0 Å². The molecule has 1 aliphatic heterocycles. The van der Waals surface area contributed by atoms with Crippen molar-refractivity contribution in [3.8, 4) is 0 Å². The molecule has 0 saturated carbocycles. The number of carbonyl (C=O) groups excluding carboxylic acids is 1. The number of nitrogens with one attached hydrogen (secondary N) is 2. The van der Waals surface area contributed by atoms with Crippen molar-refractivity contribution in [2.45, 2.75) is 12.8 Å². The lowest BCUT2D eigenvalue weighted by Crippen LogP contribution is -2.42. The van der Waals surface area contributed by atoms with Crippen LogP contribution in [-0.2, 0) is 0 Å². The fourth-order valence-electron chi connectivity index (χ4n) is 2.60. The number of amides is 2. The van der Waals surface area contributed by atoms with Gasteiger partial charge in [0.2, 0.25) is 0 Å². The molecule has 1 saturated heterocycles. The van der Waals surface area contributed by atoms with E-state index in [-0.39, 0.29) is 12.3 Å². The number of aliphatic hydroxyl groups excluding tert-OH is 1. The van der Waals surface area contributed by atoms with Gasteiger partial charge in [0.15, 0.2) is 11.6 Å². The van der Waals surface area contributed by atoms with Gasteiger partial charge in [-0.1, -0.05) is 6.07 Å². The van der Waals surface area contributed by atoms with E-state index in [1.165, 1.54) is 12.1 Å². The summed E-state index contributed by atoms with van der Waals surface area (Å²) in [6.07, 6.45) is 2.06. The van der Waals surface area contributed by atoms with Gasteiger partial charge < -0.3 is 20.6 Å². The van der Waals surface area contributed by atoms with Gasteiger partial charge in [-0.15, -0.1) is 0 Å². The maximum atomic E-state index is 13.4. The van der Waals surface area contributed by atoms with E-state index in [1.54, 1.807) is 0 Å². The van der Waals surface area contributed by atoms with Crippen LogP contribution in [0.25, 0.3) is 0 Å². The van der Waals surface area contributed by atoms with Crippen LogP contribution < -0.4 is 10.6 Å². The van der Waals surface area contributed by atoms with Gasteiger partial charge in [0, 0.05) is 26.2 Å². The van der Waals surface area contributed by atoms with Gasteiger partial charge >= 0.3 is 6.03 Å². The summed E-state index contributed by atoms with van der Waals surface area (Å²) < 4.78 is 26.4. The van der Waals surface area contributed by atoms with E-state index in [0.717, 1.165) is 32.0 Å². The zero-order valence-electron chi connectivity index (χ0n) is 12.3. The van der Waals surface area contributed by atoms with Crippen molar-refractivity contribution in [3.63, 3.8) is 0 Å². The fraction of sp³-hybridized carbons (Fsp3) is 0.533. The van der Waals surface area contributed by atoms with Crippen LogP contribution in [0.3, 0.4) is 0 Å². The first-order chi connectivity index (χ1) is 10.6. The number of piperidine rings is 1. The monoisotopic (exact) mass is 313 g/mol. The molecule has 22 heavy (non-hydrogen) atoms. The first-order valence-electron chi connectivity index (χ1n) is 7.42. The van der Waals surface area contributed by atoms with Crippen molar-refractivity contribution in [3.05, 3.63) is 29.8 Å². The third-order valence-electron chi connectivity index (χ3n) is 3.77. The number of hydrogen-bond donors (Lipinski definition) is 3. The number of halogens is 2. The van der Waals surface area contributed by atoms with E-state index in [4.69, 9.17) is 5.11 Å². The van der Waals surface area contributed by atoms with E-state index in [9.17, 15) is 13.6 Å². The van der Waals surface area contributed by atoms with Gasteiger partial charge in [0.1, 0.15) is 0 Å². The molecule has 1 heterocycles. The number of urea groups is 1. The molecule has 1 aliphatic rings. The zero-order chi connectivity index (χ0) is 15.9. The van der Waals surface area contributed by atoms with E-state index < -0.39 is 17.7 Å². The van der Waals surface area contributed by atoms with Crippen molar-refractivity contribution in [2.24, 2.45) is 5.92 Å². The number of carbonyl (C=O) groups is 1. The summed E-state index contributed by atoms with van der Waals surface area (Å²) in [5, 5.41) is 14.1. The molecule has 2 amide bonds. The third kappa shape index (κ3) is 4.64. The number of hydrogen-bond acceptors (Lipinski definition) is 3. The topological polar surface area (TPSA) is 64.6 Å². The summed E-state index contributed by atoms with van der Waals surface area (Å²) in [6, 6.07) is 3.05. The second-order valence-electron chi connectivity index (χ2n) is 5.47. The maximum Gasteiger partial charge on any atom is 0.319 e. The lowest BCUT2D eigenvalue weighted by molar-refractivity contribution is 0.121. The Morgan fingerprint density at radius 1 is 1.41 bits per heavy atom. The van der Waals surface area contributed by atoms with Crippen molar-refractivity contribution in [2.75, 3.05) is 38.1 Å². The van der Waals surface area contributed by atoms with Gasteiger partial charge in [-0.05, 0) is 37.4 Å². The Morgan fingerprint density at radius 3 is 3.00 bits per heavy atom. The quantitative estimate of drug-likeness (QED) is 0.776. The Kier molecular flexibility index (Phi) is 6.09. The molecule has 0 spiro atoms. The van der Waals surface area contributed by atoms with E-state index in [2.05, 4.69) is 15.5 Å². The second-order valence-corrected chi connectivity index (χ2v) is 5.47. The van der Waals surface area contributed by atoms with Crippen LogP contribution in [0.2, 0.25) is 0 Å². The predicted molar refractivity (Wildman–Crippen MR) is 79.6 cm³/mol. The van der Waals surface area contributed by atoms with Crippen molar-refractivity contribution in [1.82, 2.24) is 10.2 Å². The molecule has 1 aromatic rings. The summed E-state index contributed by atoms with van der Waals surface area (Å²) in [5.74, 6) is -1.77. The Balaban J connectivity index is 1.73. The molecule has 3 N–H and O–H groups in total. The van der Waals surface area contributed by atoms with Gasteiger partial charge in [-0.2, -0.15) is 0 Å². The minimum atomic E-state index is -1.07. The first kappa shape index (κ1) is 16.6. The molecular formula is C15H21F2N3O2. The largest absolute Gasteiger partial charge is 0.396 e. The Hall–Kier alpha value is -1.73. The molecule has 5 nitrogen and oxygen atoms in total. The van der Waals surface area contributed by atoms with E-state index >= 15 is 0 Å². The molecule has 1 aromatic carbocycles. The standard InChI is InChI=1S/C15H21F2N3O2/c16-12-4-1-5-13(14(12)17)19-15(22)18-6-8-20-7-2-3-11(9-20)10-21/h1,4-5,11,21H,2-3,6-10H2,(H2,18,19,22)/t11-/m0/s1. The van der Waals surface area contributed by atoms with Crippen LogP contribution in [-0.4, -0.2) is 48.8 Å². The lowest BCUT2D eigenvalue weighted by Gasteiger charge is -2.31. The number of likely N-dealkylation sites (tertiary alicyclic amines) is 1. The molecule has 2 rings (SSSR count). The van der Waals surface area contributed by atoms with Gasteiger partial charge in [0.05, 0.1) is 5.69 Å².